The van der Waals surface area contributed by atoms with Crippen LogP contribution in [0, 0.1) is 25.0 Å². The Kier molecular flexibility index (Phi) is 15.2. The molecule has 0 N–H and O–H groups in total. The molecule has 5 aromatic heterocycles. The topological polar surface area (TPSA) is 69.6 Å². The number of nitrogens with zero attached hydrogens (tertiary/aromatic N) is 5. The van der Waals surface area contributed by atoms with Crippen molar-refractivity contribution in [1.29, 1.82) is 0 Å². The van der Waals surface area contributed by atoms with Gasteiger partial charge in [0.05, 0.1) is 28.0 Å². The van der Waals surface area contributed by atoms with Crippen LogP contribution in [-0.2, 0) is 31.9 Å². The van der Waals surface area contributed by atoms with Crippen LogP contribution in [0.1, 0.15) is 95.2 Å². The second-order valence-electron chi connectivity index (χ2n) is 23.1. The first-order valence-corrected chi connectivity index (χ1v) is 34.3. The van der Waals surface area contributed by atoms with E-state index >= 15 is 0 Å². The summed E-state index contributed by atoms with van der Waals surface area (Å²) in [5, 5.41) is 3.12. The van der Waals surface area contributed by atoms with Gasteiger partial charge < -0.3 is 8.98 Å². The van der Waals surface area contributed by atoms with Crippen molar-refractivity contribution >= 4 is 61.7 Å². The molecule has 0 aliphatic heterocycles. The zero-order chi connectivity index (χ0) is 52.0. The Morgan fingerprint density at radius 1 is 0.711 bits per heavy atom. The number of imidazole rings is 1. The average Bonchev–Trinajstić information content (AvgIpc) is 4.04. The average molecular weight is 1240 g/mol. The molecule has 1 radical (unpaired) electrons. The van der Waals surface area contributed by atoms with E-state index in [0.29, 0.717) is 17.5 Å². The van der Waals surface area contributed by atoms with Gasteiger partial charge in [0.2, 0.25) is 5.71 Å². The van der Waals surface area contributed by atoms with Gasteiger partial charge in [-0.05, 0) is 72.7 Å². The summed E-state index contributed by atoms with van der Waals surface area (Å²) in [6, 6.07) is 60.5. The van der Waals surface area contributed by atoms with E-state index in [9.17, 15) is 0 Å². The first-order chi connectivity index (χ1) is 36.2. The number of rotatable bonds is 9. The third kappa shape index (κ3) is 10.8. The van der Waals surface area contributed by atoms with Crippen LogP contribution in [0.3, 0.4) is 0 Å². The summed E-state index contributed by atoms with van der Waals surface area (Å²) in [6.45, 7) is 13.4. The van der Waals surface area contributed by atoms with E-state index in [2.05, 4.69) is 214 Å². The van der Waals surface area contributed by atoms with Gasteiger partial charge in [-0.1, -0.05) is 99.5 Å². The Bertz CT molecular complexity index is 3860. The molecule has 8 heteroatoms. The molecule has 12 rings (SSSR count). The van der Waals surface area contributed by atoms with E-state index in [1.807, 2.05) is 19.1 Å². The summed E-state index contributed by atoms with van der Waals surface area (Å²) < 4.78 is 10.5. The van der Waals surface area contributed by atoms with Gasteiger partial charge in [-0.2, -0.15) is 0 Å². The maximum atomic E-state index is 6.73. The molecule has 11 aromatic rings. The summed E-state index contributed by atoms with van der Waals surface area (Å²) in [5.74, 6) is 9.25. The van der Waals surface area contributed by atoms with Crippen molar-refractivity contribution in [2.75, 3.05) is 0 Å². The zero-order valence-electron chi connectivity index (χ0n) is 45.4. The largest absolute Gasteiger partial charge is 0.486 e. The van der Waals surface area contributed by atoms with Gasteiger partial charge in [0.1, 0.15) is 0 Å². The minimum absolute atomic E-state index is 0. The number of hydrogen-bond acceptors (Lipinski definition) is 5. The van der Waals surface area contributed by atoms with Gasteiger partial charge >= 0.3 is 161 Å². The third-order valence-electron chi connectivity index (χ3n) is 15.0. The molecule has 1 fully saturated rings. The number of fused-ring (bicyclic) bond motifs is 6. The maximum absolute atomic E-state index is 6.73. The van der Waals surface area contributed by atoms with Crippen molar-refractivity contribution in [2.45, 2.75) is 109 Å². The van der Waals surface area contributed by atoms with Crippen LogP contribution in [0.5, 0.6) is 0 Å². The fourth-order valence-corrected chi connectivity index (χ4v) is 14.4. The van der Waals surface area contributed by atoms with E-state index in [4.69, 9.17) is 24.4 Å². The maximum Gasteiger partial charge on any atom is 0.216 e. The Morgan fingerprint density at radius 3 is 2.16 bits per heavy atom. The quantitative estimate of drug-likeness (QED) is 0.106. The van der Waals surface area contributed by atoms with Crippen molar-refractivity contribution < 1.29 is 24.5 Å². The van der Waals surface area contributed by atoms with Crippen molar-refractivity contribution in [1.82, 2.24) is 24.5 Å². The van der Waals surface area contributed by atoms with Gasteiger partial charge in [-0.15, -0.1) is 18.2 Å². The van der Waals surface area contributed by atoms with Crippen molar-refractivity contribution in [3.05, 3.63) is 193 Å². The molecule has 0 bridgehead atoms. The molecule has 0 atom stereocenters. The first-order valence-electron chi connectivity index (χ1n) is 27.0. The van der Waals surface area contributed by atoms with Gasteiger partial charge in [-0.3, -0.25) is 9.97 Å². The second-order valence-corrected chi connectivity index (χ2v) is 33.7. The monoisotopic (exact) mass is 1240 g/mol. The molecule has 385 valence electrons. The predicted molar refractivity (Wildman–Crippen MR) is 316 cm³/mol. The van der Waals surface area contributed by atoms with Crippen LogP contribution in [-0.4, -0.2) is 37.8 Å². The Labute approximate surface area is 465 Å². The molecule has 5 heterocycles. The van der Waals surface area contributed by atoms with Crippen LogP contribution < -0.4 is 4.40 Å². The molecule has 0 unspecified atom stereocenters. The molecule has 1 saturated carbocycles. The number of furan rings is 1. The van der Waals surface area contributed by atoms with Crippen LogP contribution in [0.2, 0.25) is 17.3 Å². The smallest absolute Gasteiger partial charge is 0.216 e. The van der Waals surface area contributed by atoms with Gasteiger partial charge in [0, 0.05) is 59.4 Å². The molecule has 76 heavy (non-hydrogen) atoms. The number of aryl methyl sites for hydroxylation is 1. The Balaban J connectivity index is 0.000000206. The normalized spacial score (nSPS) is 13.3. The molecular formula is C68H67GeIrN5O-2. The molecule has 6 nitrogen and oxygen atoms in total. The van der Waals surface area contributed by atoms with Crippen LogP contribution in [0.25, 0.3) is 94.6 Å². The standard InChI is InChI=1S/C44H39N4O.C24H28GeN.Ir/c1-27-18-19-30-20-23-37-40(39(30)45-27)48(38-25-21-31(44(2,3)4)26-35(38)28-12-7-5-8-13-28)42(46-37)34-17-11-16-32-33-22-24-36(29-14-9-6-10-15-29)47-43(33)49-41(32)34;1-18(2)14-22-16-24(26-17-23(22)25(3,4)5)21-13-9-12-20(15-21)19-10-7-6-8-11-19;/h5,7-8,11-13,16,18-26,29H,6,9-10,14-15H2,1-4H3;6-12,15-18H,14H2,1-5H3;/q2*-1;. The van der Waals surface area contributed by atoms with Crippen molar-refractivity contribution in [2.24, 2.45) is 5.92 Å². The SMILES string of the molecule is CC(C)Cc1cc(-c2[c-]ccc(-c3ccccc3)c2)nc[c]1[Ge]([CH3])([CH3])[CH3].Cc1ccc2ccc3nc(-c4[c-]ccc5c4oc4nc(C6CCCCC6)ccc45)n(-c4ccc(C(C)(C)C)cc4-c4ccccc4)c3c2n1.[Ir]. The van der Waals surface area contributed by atoms with E-state index in [0.717, 1.165) is 95.6 Å². The summed E-state index contributed by atoms with van der Waals surface area (Å²) in [4.78, 5) is 20.4. The minimum Gasteiger partial charge on any atom is -0.486 e. The van der Waals surface area contributed by atoms with E-state index in [1.54, 1.807) is 0 Å². The Hall–Kier alpha value is -6.51. The number of hydrogen-bond donors (Lipinski definition) is 0. The molecule has 1 aliphatic carbocycles. The van der Waals surface area contributed by atoms with Crippen LogP contribution in [0.4, 0.5) is 0 Å². The molecular weight excluding hydrogens is 1170 g/mol. The van der Waals surface area contributed by atoms with Gasteiger partial charge in [-0.25, -0.2) is 4.98 Å². The molecule has 6 aromatic carbocycles. The molecule has 0 spiro atoms. The van der Waals surface area contributed by atoms with Crippen molar-refractivity contribution in [3.63, 3.8) is 0 Å². The van der Waals surface area contributed by atoms with E-state index < -0.39 is 13.3 Å². The van der Waals surface area contributed by atoms with Crippen LogP contribution >= 0.6 is 0 Å². The summed E-state index contributed by atoms with van der Waals surface area (Å²) >= 11 is -1.93. The van der Waals surface area contributed by atoms with Gasteiger partial charge in [0.25, 0.3) is 0 Å². The number of pyridine rings is 3. The second kappa shape index (κ2) is 21.9. The zero-order valence-corrected chi connectivity index (χ0v) is 49.9. The summed E-state index contributed by atoms with van der Waals surface area (Å²) in [7, 11) is 0. The number of benzene rings is 6. The first kappa shape index (κ1) is 52.9. The fourth-order valence-electron chi connectivity index (χ4n) is 11.1. The predicted octanol–water partition coefficient (Wildman–Crippen LogP) is 17.6. The third-order valence-corrected chi connectivity index (χ3v) is 19.3. The number of aromatic nitrogens is 5. The summed E-state index contributed by atoms with van der Waals surface area (Å²) in [6.07, 6.45) is 9.51. The molecule has 1 aliphatic rings. The van der Waals surface area contributed by atoms with Crippen LogP contribution in [0.15, 0.2) is 162 Å². The van der Waals surface area contributed by atoms with E-state index in [1.165, 1.54) is 58.8 Å². The van der Waals surface area contributed by atoms with Crippen molar-refractivity contribution in [3.8, 4) is 50.6 Å². The molecule has 0 saturated heterocycles. The Morgan fingerprint density at radius 2 is 1.43 bits per heavy atom. The van der Waals surface area contributed by atoms with E-state index in [-0.39, 0.29) is 25.5 Å². The molecule has 0 amide bonds. The fraction of sp³-hybridized carbons (Fsp3) is 0.265. The van der Waals surface area contributed by atoms with Gasteiger partial charge in [0.15, 0.2) is 0 Å². The summed E-state index contributed by atoms with van der Waals surface area (Å²) in [5.41, 5.74) is 17.7. The minimum atomic E-state index is -1.93.